The first kappa shape index (κ1) is 17.0. The molecule has 2 amide bonds. The second kappa shape index (κ2) is 6.35. The molecule has 2 atom stereocenters. The molecule has 134 valence electrons. The van der Waals surface area contributed by atoms with Crippen molar-refractivity contribution in [2.24, 2.45) is 5.92 Å². The van der Waals surface area contributed by atoms with Crippen molar-refractivity contribution in [1.29, 1.82) is 0 Å². The largest absolute Gasteiger partial charge is 0.342 e. The average molecular weight is 374 g/mol. The number of rotatable bonds is 2. The highest BCUT2D eigenvalue weighted by Gasteiger charge is 2.43. The van der Waals surface area contributed by atoms with Crippen molar-refractivity contribution < 1.29 is 18.7 Å². The molecule has 1 fully saturated rings. The molecule has 0 spiro atoms. The van der Waals surface area contributed by atoms with E-state index in [2.05, 4.69) is 5.32 Å². The number of amides is 2. The molecule has 26 heavy (non-hydrogen) atoms. The van der Waals surface area contributed by atoms with E-state index in [1.807, 2.05) is 0 Å². The Bertz CT molecular complexity index is 949. The molecule has 2 unspecified atom stereocenters. The van der Waals surface area contributed by atoms with E-state index in [9.17, 15) is 18.9 Å². The minimum atomic E-state index is -0.764. The maximum Gasteiger partial charge on any atom is 0.335 e. The minimum absolute atomic E-state index is 0.0490. The monoisotopic (exact) mass is 374 g/mol. The summed E-state index contributed by atoms with van der Waals surface area (Å²) in [6, 6.07) is 7.78. The molecule has 2 aromatic rings. The van der Waals surface area contributed by atoms with Gasteiger partial charge in [0.2, 0.25) is 11.8 Å². The number of hydrogen-bond donors (Lipinski definition) is 1. The van der Waals surface area contributed by atoms with Crippen molar-refractivity contribution in [3.63, 3.8) is 0 Å². The van der Waals surface area contributed by atoms with Gasteiger partial charge in [0.1, 0.15) is 5.82 Å². The van der Waals surface area contributed by atoms with E-state index in [1.54, 1.807) is 23.1 Å². The lowest BCUT2D eigenvalue weighted by molar-refractivity contribution is -0.480. The second-order valence-electron chi connectivity index (χ2n) is 6.53. The highest BCUT2D eigenvalue weighted by Crippen LogP contribution is 2.45. The molecule has 1 saturated heterocycles. The maximum absolute atomic E-state index is 13.4. The number of likely N-dealkylation sites (tertiary alicyclic amines) is 1. The van der Waals surface area contributed by atoms with Gasteiger partial charge in [-0.1, -0.05) is 6.07 Å². The SMILES string of the molecule is CC(=O)N1CCC(C(=O)NC2Sc3c(ccc4cc(F)ccc34)[N+]2=O)C1. The number of nitrogens with one attached hydrogen (secondary N) is 1. The lowest BCUT2D eigenvalue weighted by Crippen LogP contribution is -2.41. The van der Waals surface area contributed by atoms with Gasteiger partial charge in [0, 0.05) is 36.4 Å². The molecular weight excluding hydrogens is 357 g/mol. The molecule has 2 aliphatic rings. The van der Waals surface area contributed by atoms with Crippen LogP contribution in [0.5, 0.6) is 0 Å². The van der Waals surface area contributed by atoms with E-state index in [0.717, 1.165) is 15.0 Å². The van der Waals surface area contributed by atoms with E-state index in [4.69, 9.17) is 0 Å². The van der Waals surface area contributed by atoms with Gasteiger partial charge < -0.3 is 4.90 Å². The predicted molar refractivity (Wildman–Crippen MR) is 95.3 cm³/mol. The summed E-state index contributed by atoms with van der Waals surface area (Å²) in [6.45, 7) is 2.42. The predicted octanol–water partition coefficient (Wildman–Crippen LogP) is 2.76. The number of thioether (sulfide) groups is 1. The molecule has 2 aliphatic heterocycles. The molecule has 2 aromatic carbocycles. The number of carbonyl (C=O) groups excluding carboxylic acids is 2. The summed E-state index contributed by atoms with van der Waals surface area (Å²) < 4.78 is 14.2. The maximum atomic E-state index is 13.4. The molecule has 0 aliphatic carbocycles. The van der Waals surface area contributed by atoms with Gasteiger partial charge in [0.05, 0.1) is 15.6 Å². The van der Waals surface area contributed by atoms with Crippen molar-refractivity contribution in [2.75, 3.05) is 13.1 Å². The Morgan fingerprint density at radius 3 is 2.85 bits per heavy atom. The zero-order chi connectivity index (χ0) is 18.4. The molecule has 0 aromatic heterocycles. The number of nitroso groups, excluding NO2 is 1. The van der Waals surface area contributed by atoms with Crippen LogP contribution >= 0.6 is 11.8 Å². The third-order valence-corrected chi connectivity index (χ3v) is 6.06. The van der Waals surface area contributed by atoms with E-state index in [0.29, 0.717) is 30.6 Å². The summed E-state index contributed by atoms with van der Waals surface area (Å²) in [6.07, 6.45) is 0.594. The van der Waals surface area contributed by atoms with Gasteiger partial charge in [-0.3, -0.25) is 14.9 Å². The molecule has 2 heterocycles. The average Bonchev–Trinajstić information content (AvgIpc) is 3.21. The van der Waals surface area contributed by atoms with Crippen LogP contribution in [-0.4, -0.2) is 40.1 Å². The smallest absolute Gasteiger partial charge is 0.335 e. The van der Waals surface area contributed by atoms with Crippen LogP contribution in [-0.2, 0) is 9.59 Å². The third-order valence-electron chi connectivity index (χ3n) is 4.86. The molecule has 0 bridgehead atoms. The Hall–Kier alpha value is -2.48. The third kappa shape index (κ3) is 2.84. The lowest BCUT2D eigenvalue weighted by Gasteiger charge is -2.13. The first-order valence-corrected chi connectivity index (χ1v) is 9.23. The normalized spacial score (nSPS) is 21.9. The first-order chi connectivity index (χ1) is 12.4. The van der Waals surface area contributed by atoms with Crippen LogP contribution in [0.15, 0.2) is 35.2 Å². The Kier molecular flexibility index (Phi) is 4.14. The highest BCUT2D eigenvalue weighted by molar-refractivity contribution is 8.00. The van der Waals surface area contributed by atoms with Gasteiger partial charge >= 0.3 is 5.50 Å². The summed E-state index contributed by atoms with van der Waals surface area (Å²) in [4.78, 5) is 38.9. The zero-order valence-electron chi connectivity index (χ0n) is 14.1. The van der Waals surface area contributed by atoms with Gasteiger partial charge in [-0.25, -0.2) is 4.39 Å². The number of fused-ring (bicyclic) bond motifs is 3. The summed E-state index contributed by atoms with van der Waals surface area (Å²) in [5, 5.41) is 4.28. The summed E-state index contributed by atoms with van der Waals surface area (Å²) in [5.74, 6) is -0.912. The van der Waals surface area contributed by atoms with Gasteiger partial charge in [-0.05, 0) is 41.8 Å². The molecule has 4 rings (SSSR count). The van der Waals surface area contributed by atoms with Crippen molar-refractivity contribution in [3.05, 3.63) is 41.1 Å². The fourth-order valence-electron chi connectivity index (χ4n) is 3.43. The van der Waals surface area contributed by atoms with Crippen LogP contribution in [0.4, 0.5) is 10.1 Å². The minimum Gasteiger partial charge on any atom is -0.342 e. The van der Waals surface area contributed by atoms with Crippen LogP contribution in [0.1, 0.15) is 13.3 Å². The Labute approximate surface area is 153 Å². The van der Waals surface area contributed by atoms with E-state index >= 15 is 0 Å². The molecular formula is C18H17FN3O3S+. The van der Waals surface area contributed by atoms with Gasteiger partial charge in [0.25, 0.3) is 5.69 Å². The second-order valence-corrected chi connectivity index (χ2v) is 7.62. The van der Waals surface area contributed by atoms with Crippen LogP contribution in [0.25, 0.3) is 10.8 Å². The topological polar surface area (TPSA) is 69.5 Å². The lowest BCUT2D eigenvalue weighted by atomic mass is 10.1. The standard InChI is InChI=1S/C18H16FN3O3S/c1-10(23)21-7-6-12(9-21)17(24)20-18-22(25)15-5-2-11-8-13(19)3-4-14(11)16(15)26-18/h2-5,8,12,18H,6-7,9H2,1H3/p+1. The zero-order valence-corrected chi connectivity index (χ0v) is 14.9. The van der Waals surface area contributed by atoms with Crippen LogP contribution in [0, 0.1) is 16.6 Å². The first-order valence-electron chi connectivity index (χ1n) is 8.35. The van der Waals surface area contributed by atoms with Gasteiger partial charge in [-0.15, -0.1) is 0 Å². The van der Waals surface area contributed by atoms with Crippen LogP contribution < -0.4 is 5.32 Å². The number of halogens is 1. The molecule has 0 saturated carbocycles. The number of hydrogen-bond acceptors (Lipinski definition) is 4. The van der Waals surface area contributed by atoms with Crippen molar-refractivity contribution in [2.45, 2.75) is 23.7 Å². The highest BCUT2D eigenvalue weighted by atomic mass is 32.2. The van der Waals surface area contributed by atoms with Crippen LogP contribution in [0.3, 0.4) is 0 Å². The summed E-state index contributed by atoms with van der Waals surface area (Å²) in [7, 11) is 0. The Balaban J connectivity index is 1.52. The van der Waals surface area contributed by atoms with E-state index < -0.39 is 5.50 Å². The molecule has 1 N–H and O–H groups in total. The molecule has 0 radical (unpaired) electrons. The summed E-state index contributed by atoms with van der Waals surface area (Å²) >= 11 is 1.25. The van der Waals surface area contributed by atoms with Gasteiger partial charge in [-0.2, -0.15) is 0 Å². The number of carbonyl (C=O) groups is 2. The quantitative estimate of drug-likeness (QED) is 0.821. The van der Waals surface area contributed by atoms with Crippen molar-refractivity contribution in [3.8, 4) is 0 Å². The van der Waals surface area contributed by atoms with E-state index in [1.165, 1.54) is 30.8 Å². The fraction of sp³-hybridized carbons (Fsp3) is 0.333. The van der Waals surface area contributed by atoms with Gasteiger partial charge in [0.15, 0.2) is 0 Å². The fourth-order valence-corrected chi connectivity index (χ4v) is 4.63. The van der Waals surface area contributed by atoms with E-state index in [-0.39, 0.29) is 23.5 Å². The number of nitrogens with zero attached hydrogens (tertiary/aromatic N) is 2. The number of benzene rings is 2. The van der Waals surface area contributed by atoms with Crippen molar-refractivity contribution >= 4 is 40.0 Å². The molecule has 8 heteroatoms. The Morgan fingerprint density at radius 2 is 2.12 bits per heavy atom. The molecule has 6 nitrogen and oxygen atoms in total. The summed E-state index contributed by atoms with van der Waals surface area (Å²) in [5.41, 5.74) is -0.296. The van der Waals surface area contributed by atoms with Crippen molar-refractivity contribution in [1.82, 2.24) is 10.2 Å². The van der Waals surface area contributed by atoms with Crippen LogP contribution in [0.2, 0.25) is 0 Å². The Morgan fingerprint density at radius 1 is 1.31 bits per heavy atom.